The highest BCUT2D eigenvalue weighted by molar-refractivity contribution is 5.88. The van der Waals surface area contributed by atoms with E-state index in [2.05, 4.69) is 15.3 Å². The molecule has 0 aliphatic carbocycles. The summed E-state index contributed by atoms with van der Waals surface area (Å²) in [6.45, 7) is 0. The molecular formula is C15H10O7. The van der Waals surface area contributed by atoms with Gasteiger partial charge in [0.05, 0.1) is 1.37 Å². The van der Waals surface area contributed by atoms with E-state index in [4.69, 9.17) is 10.1 Å². The van der Waals surface area contributed by atoms with Crippen LogP contribution in [0, 0.1) is 0 Å². The van der Waals surface area contributed by atoms with Crippen LogP contribution in [-0.4, -0.2) is 29.8 Å². The predicted molar refractivity (Wildman–Crippen MR) is 76.2 cm³/mol. The number of rotatable bonds is 4. The lowest BCUT2D eigenvalue weighted by atomic mass is 10.1. The van der Waals surface area contributed by atoms with Crippen molar-refractivity contribution < 1.29 is 31.3 Å². The third-order valence-corrected chi connectivity index (χ3v) is 3.06. The van der Waals surface area contributed by atoms with E-state index in [0.717, 1.165) is 18.2 Å². The Kier molecular flexibility index (Phi) is 1.99. The smallest absolute Gasteiger partial charge is 0.293 e. The van der Waals surface area contributed by atoms with E-state index >= 15 is 0 Å². The van der Waals surface area contributed by atoms with Crippen LogP contribution >= 0.6 is 0 Å². The monoisotopic (exact) mass is 310 g/mol. The Balaban J connectivity index is 2.43. The first-order valence-corrected chi connectivity index (χ1v) is 5.99. The summed E-state index contributed by atoms with van der Waals surface area (Å²) in [6.07, 6.45) is 0. The summed E-state index contributed by atoms with van der Waals surface area (Å²) in [5, 5.41) is 31.6. The van der Waals surface area contributed by atoms with Crippen molar-refractivity contribution in [2.24, 2.45) is 0 Å². The summed E-state index contributed by atoms with van der Waals surface area (Å²) in [6, 6.07) is 4.09. The largest absolute Gasteiger partial charge is 0.508 e. The number of hydrogen-bond acceptors (Lipinski definition) is 7. The minimum atomic E-state index is -0.906. The first-order valence-electron chi connectivity index (χ1n) is 7.71. The maximum atomic E-state index is 12.7. The zero-order chi connectivity index (χ0) is 19.0. The second kappa shape index (κ2) is 4.59. The zero-order valence-electron chi connectivity index (χ0n) is 14.7. The molecule has 112 valence electrons. The lowest BCUT2D eigenvalue weighted by Crippen LogP contribution is -2.02. The van der Waals surface area contributed by atoms with Crippen LogP contribution in [0.3, 0.4) is 0 Å². The van der Waals surface area contributed by atoms with Crippen molar-refractivity contribution in [3.05, 3.63) is 40.5 Å². The molecule has 1 heterocycles. The third kappa shape index (κ3) is 1.96. The molecule has 3 rings (SSSR count). The summed E-state index contributed by atoms with van der Waals surface area (Å²) < 4.78 is 34.5. The highest BCUT2D eigenvalue weighted by atomic mass is 16.4. The zero-order valence-corrected chi connectivity index (χ0v) is 10.7. The number of phenolic OH excluding ortho intramolecular Hbond substituents is 4. The second-order valence-corrected chi connectivity index (χ2v) is 4.49. The number of aromatic hydroxyl groups is 5. The molecule has 1 aromatic heterocycles. The molecule has 0 unspecified atom stereocenters. The van der Waals surface area contributed by atoms with Crippen molar-refractivity contribution in [2.45, 2.75) is 0 Å². The molecule has 0 radical (unpaired) electrons. The van der Waals surface area contributed by atoms with Gasteiger partial charge in [-0.05, 0) is 18.2 Å². The van der Waals surface area contributed by atoms with E-state index in [1.807, 2.05) is 0 Å². The molecular weight excluding hydrogens is 292 g/mol. The van der Waals surface area contributed by atoms with Gasteiger partial charge in [-0.3, -0.25) is 4.79 Å². The Hall–Kier alpha value is -3.35. The van der Waals surface area contributed by atoms with Crippen molar-refractivity contribution in [3.63, 3.8) is 0 Å². The van der Waals surface area contributed by atoms with E-state index in [-0.39, 0.29) is 28.0 Å². The van der Waals surface area contributed by atoms with E-state index in [9.17, 15) is 15.0 Å². The molecule has 3 aromatic rings. The summed E-state index contributed by atoms with van der Waals surface area (Å²) in [7, 11) is 0. The fourth-order valence-electron chi connectivity index (χ4n) is 2.04. The Labute approximate surface area is 128 Å². The molecule has 7 nitrogen and oxygen atoms in total. The van der Waals surface area contributed by atoms with Crippen molar-refractivity contribution in [1.29, 1.82) is 4.29 Å². The topological polar surface area (TPSA) is 131 Å². The molecule has 0 spiro atoms. The van der Waals surface area contributed by atoms with Crippen molar-refractivity contribution >= 4 is 11.0 Å². The average molecular weight is 310 g/mol. The SMILES string of the molecule is [3H]Oc1cc2oc(-c3ccc(O)c(O)c3)c(O[3H])c(=O)c2c(O[3H])c1[3H]. The van der Waals surface area contributed by atoms with Gasteiger partial charge in [0.1, 0.15) is 22.5 Å². The summed E-state index contributed by atoms with van der Waals surface area (Å²) in [5.74, 6) is -2.59. The van der Waals surface area contributed by atoms with Gasteiger partial charge in [0.2, 0.25) is 11.2 Å². The predicted octanol–water partition coefficient (Wildman–Crippen LogP) is 1.99. The lowest BCUT2D eigenvalue weighted by molar-refractivity contribution is 0.403. The van der Waals surface area contributed by atoms with E-state index in [0.29, 0.717) is 0 Å². The van der Waals surface area contributed by atoms with Gasteiger partial charge < -0.3 is 30.0 Å². The molecule has 0 amide bonds. The molecule has 0 atom stereocenters. The van der Waals surface area contributed by atoms with Gasteiger partial charge in [-0.15, -0.1) is 0 Å². The maximum Gasteiger partial charge on any atom is 0.293 e. The number of phenols is 4. The number of hydrogen-bond donors (Lipinski definition) is 5. The summed E-state index contributed by atoms with van der Waals surface area (Å²) >= 11 is 0. The van der Waals surface area contributed by atoms with Gasteiger partial charge in [-0.2, -0.15) is 0 Å². The second-order valence-electron chi connectivity index (χ2n) is 4.49. The highest BCUT2D eigenvalue weighted by Gasteiger charge is 2.19. The molecule has 2 aromatic carbocycles. The Morgan fingerprint density at radius 1 is 1.05 bits per heavy atom. The lowest BCUT2D eigenvalue weighted by Gasteiger charge is -2.08. The van der Waals surface area contributed by atoms with Gasteiger partial charge in [-0.25, -0.2) is 0 Å². The van der Waals surface area contributed by atoms with Gasteiger partial charge in [0, 0.05) is 17.7 Å². The van der Waals surface area contributed by atoms with Gasteiger partial charge in [0.25, 0.3) is 4.29 Å². The molecule has 5 N–H and O–H groups in total. The van der Waals surface area contributed by atoms with Crippen LogP contribution in [0.4, 0.5) is 0 Å². The first kappa shape index (κ1) is 9.56. The van der Waals surface area contributed by atoms with Crippen molar-refractivity contribution in [3.8, 4) is 40.1 Å². The Morgan fingerprint density at radius 2 is 1.91 bits per heavy atom. The van der Waals surface area contributed by atoms with Crippen LogP contribution in [0.5, 0.6) is 28.7 Å². The molecule has 0 fully saturated rings. The van der Waals surface area contributed by atoms with Gasteiger partial charge in [0.15, 0.2) is 17.3 Å². The Bertz CT molecular complexity index is 1060. The van der Waals surface area contributed by atoms with Crippen LogP contribution in [0.25, 0.3) is 22.3 Å². The van der Waals surface area contributed by atoms with Crippen LogP contribution in [0.2, 0.25) is 0 Å². The van der Waals surface area contributed by atoms with Crippen LogP contribution in [0.15, 0.2) is 39.5 Å². The average Bonchev–Trinajstić information content (AvgIpc) is 2.63. The quantitative estimate of drug-likeness (QED) is 0.465. The van der Waals surface area contributed by atoms with E-state index in [1.165, 1.54) is 6.07 Å². The minimum absolute atomic E-state index is 0.109. The normalized spacial score (nSPS) is 12.9. The summed E-state index contributed by atoms with van der Waals surface area (Å²) in [5.41, 5.74) is -0.992. The van der Waals surface area contributed by atoms with E-state index < -0.39 is 34.5 Å². The minimum Gasteiger partial charge on any atom is -0.508 e. The number of benzene rings is 2. The summed E-state index contributed by atoms with van der Waals surface area (Å²) in [4.78, 5) is 12.7. The van der Waals surface area contributed by atoms with Crippen LogP contribution < -0.4 is 5.43 Å². The van der Waals surface area contributed by atoms with Gasteiger partial charge in [-0.1, -0.05) is 0 Å². The van der Waals surface area contributed by atoms with Crippen molar-refractivity contribution in [2.75, 3.05) is 0 Å². The molecule has 22 heavy (non-hydrogen) atoms. The van der Waals surface area contributed by atoms with Crippen molar-refractivity contribution in [1.82, 2.24) is 0 Å². The standard InChI is InChI=1S/C15H10O7/c16-7-4-10(19)12-11(5-7)22-15(14(21)13(12)20)6-1-2-8(17)9(18)3-6/h1-5,16-19,21H/i4T/hT3. The van der Waals surface area contributed by atoms with Crippen LogP contribution in [0.1, 0.15) is 1.37 Å². The van der Waals surface area contributed by atoms with E-state index in [1.54, 1.807) is 0 Å². The fourth-order valence-corrected chi connectivity index (χ4v) is 2.04. The van der Waals surface area contributed by atoms with Crippen LogP contribution in [-0.2, 0) is 0 Å². The molecule has 0 aliphatic heterocycles. The number of fused-ring (bicyclic) bond motifs is 1. The molecule has 0 bridgehead atoms. The molecule has 0 saturated heterocycles. The van der Waals surface area contributed by atoms with Gasteiger partial charge >= 0.3 is 0 Å². The fraction of sp³-hybridized carbons (Fsp3) is 0. The molecule has 0 aliphatic rings. The highest BCUT2D eigenvalue weighted by Crippen LogP contribution is 2.37. The first-order chi connectivity index (χ1) is 12.4. The Morgan fingerprint density at radius 3 is 2.59 bits per heavy atom. The maximum absolute atomic E-state index is 12.7. The molecule has 7 heteroatoms. The third-order valence-electron chi connectivity index (χ3n) is 3.06. The molecule has 0 saturated carbocycles.